The zero-order valence-electron chi connectivity index (χ0n) is 17.9. The van der Waals surface area contributed by atoms with Crippen molar-refractivity contribution >= 4 is 23.6 Å². The van der Waals surface area contributed by atoms with E-state index in [1.807, 2.05) is 31.5 Å². The van der Waals surface area contributed by atoms with E-state index in [0.29, 0.717) is 18.2 Å². The molecule has 30 heavy (non-hydrogen) atoms. The van der Waals surface area contributed by atoms with Gasteiger partial charge in [0.1, 0.15) is 5.15 Å². The summed E-state index contributed by atoms with van der Waals surface area (Å²) in [5.74, 6) is -0.148. The Morgan fingerprint density at radius 3 is 2.50 bits per heavy atom. The van der Waals surface area contributed by atoms with Crippen LogP contribution in [-0.4, -0.2) is 32.0 Å². The summed E-state index contributed by atoms with van der Waals surface area (Å²) in [5, 5.41) is 12.4. The molecule has 3 rings (SSSR count). The number of nitrogens with one attached hydrogen (secondary N) is 1. The summed E-state index contributed by atoms with van der Waals surface area (Å²) in [6.45, 7) is 9.91. The van der Waals surface area contributed by atoms with E-state index in [2.05, 4.69) is 46.7 Å². The van der Waals surface area contributed by atoms with Gasteiger partial charge in [-0.15, -0.1) is 0 Å². The third-order valence-electron chi connectivity index (χ3n) is 4.91. The highest BCUT2D eigenvalue weighted by Gasteiger charge is 2.12. The van der Waals surface area contributed by atoms with Crippen molar-refractivity contribution in [2.24, 2.45) is 0 Å². The van der Waals surface area contributed by atoms with E-state index in [9.17, 15) is 4.79 Å². The predicted molar refractivity (Wildman–Crippen MR) is 121 cm³/mol. The van der Waals surface area contributed by atoms with Crippen LogP contribution in [0, 0.1) is 27.7 Å². The molecule has 0 radical (unpaired) electrons. The molecular weight excluding hydrogens is 398 g/mol. The average molecular weight is 426 g/mol. The fraction of sp³-hybridized carbons (Fsp3) is 0.348. The first-order chi connectivity index (χ1) is 14.3. The quantitative estimate of drug-likeness (QED) is 0.433. The Bertz CT molecular complexity index is 1050. The fourth-order valence-electron chi connectivity index (χ4n) is 3.29. The minimum atomic E-state index is -0.148. The van der Waals surface area contributed by atoms with Gasteiger partial charge in [-0.25, -0.2) is 4.68 Å². The summed E-state index contributed by atoms with van der Waals surface area (Å²) in [5.41, 5.74) is 6.04. The van der Waals surface area contributed by atoms with Crippen LogP contribution in [0.5, 0.6) is 0 Å². The molecule has 1 amide bonds. The van der Waals surface area contributed by atoms with Crippen LogP contribution in [0.15, 0.2) is 36.4 Å². The monoisotopic (exact) mass is 425 g/mol. The molecule has 1 aromatic carbocycles. The standard InChI is InChI=1S/C23H28ClN5O/c1-16-6-8-20(9-7-16)15-29-23(24)21(19(4)27-29)10-11-22(30)25-12-5-13-28-18(3)14-17(2)26-28/h6-11,14H,5,12-13,15H2,1-4H3,(H,25,30)/b11-10+. The van der Waals surface area contributed by atoms with Gasteiger partial charge in [0.05, 0.1) is 17.9 Å². The molecule has 0 bridgehead atoms. The maximum absolute atomic E-state index is 12.2. The van der Waals surface area contributed by atoms with E-state index >= 15 is 0 Å². The van der Waals surface area contributed by atoms with Gasteiger partial charge in [0.15, 0.2) is 0 Å². The lowest BCUT2D eigenvalue weighted by molar-refractivity contribution is -0.116. The van der Waals surface area contributed by atoms with Crippen LogP contribution in [0.4, 0.5) is 0 Å². The molecule has 0 spiro atoms. The van der Waals surface area contributed by atoms with Crippen molar-refractivity contribution in [1.29, 1.82) is 0 Å². The number of aromatic nitrogens is 4. The van der Waals surface area contributed by atoms with Gasteiger partial charge in [0.2, 0.25) is 5.91 Å². The molecule has 1 N–H and O–H groups in total. The predicted octanol–water partition coefficient (Wildman–Crippen LogP) is 4.23. The van der Waals surface area contributed by atoms with Crippen LogP contribution in [0.2, 0.25) is 5.15 Å². The van der Waals surface area contributed by atoms with Crippen LogP contribution >= 0.6 is 11.6 Å². The number of aryl methyl sites for hydroxylation is 5. The molecule has 3 aromatic rings. The fourth-order valence-corrected chi connectivity index (χ4v) is 3.58. The minimum Gasteiger partial charge on any atom is -0.352 e. The average Bonchev–Trinajstić information content (AvgIpc) is 3.16. The van der Waals surface area contributed by atoms with Crippen molar-refractivity contribution in [3.8, 4) is 0 Å². The summed E-state index contributed by atoms with van der Waals surface area (Å²) in [7, 11) is 0. The highest BCUT2D eigenvalue weighted by molar-refractivity contribution is 6.31. The van der Waals surface area contributed by atoms with Gasteiger partial charge >= 0.3 is 0 Å². The number of amides is 1. The SMILES string of the molecule is Cc1ccc(Cn2nc(C)c(/C=C/C(=O)NCCCn3nc(C)cc3C)c2Cl)cc1. The smallest absolute Gasteiger partial charge is 0.244 e. The lowest BCUT2D eigenvalue weighted by atomic mass is 10.1. The lowest BCUT2D eigenvalue weighted by Crippen LogP contribution is -2.23. The molecule has 2 aromatic heterocycles. The highest BCUT2D eigenvalue weighted by atomic mass is 35.5. The van der Waals surface area contributed by atoms with E-state index in [1.165, 1.54) is 11.6 Å². The Labute approximate surface area is 182 Å². The number of carbonyl (C=O) groups is 1. The van der Waals surface area contributed by atoms with Crippen LogP contribution in [-0.2, 0) is 17.9 Å². The Morgan fingerprint density at radius 2 is 1.83 bits per heavy atom. The second-order valence-electron chi connectivity index (χ2n) is 7.56. The Kier molecular flexibility index (Phi) is 7.11. The molecular formula is C23H28ClN5O. The number of carbonyl (C=O) groups excluding carboxylic acids is 1. The third kappa shape index (κ3) is 5.60. The van der Waals surface area contributed by atoms with Crippen molar-refractivity contribution < 1.29 is 4.79 Å². The van der Waals surface area contributed by atoms with Crippen LogP contribution in [0.1, 0.15) is 40.2 Å². The first-order valence-electron chi connectivity index (χ1n) is 10.1. The second-order valence-corrected chi connectivity index (χ2v) is 7.92. The third-order valence-corrected chi connectivity index (χ3v) is 5.31. The maximum atomic E-state index is 12.2. The molecule has 0 aliphatic carbocycles. The van der Waals surface area contributed by atoms with Crippen molar-refractivity contribution in [2.45, 2.75) is 47.2 Å². The van der Waals surface area contributed by atoms with Gasteiger partial charge in [-0.05, 0) is 51.8 Å². The van der Waals surface area contributed by atoms with E-state index < -0.39 is 0 Å². The van der Waals surface area contributed by atoms with Gasteiger partial charge < -0.3 is 5.32 Å². The number of halogens is 1. The molecule has 158 valence electrons. The molecule has 0 unspecified atom stereocenters. The molecule has 6 nitrogen and oxygen atoms in total. The van der Waals surface area contributed by atoms with Crippen molar-refractivity contribution in [1.82, 2.24) is 24.9 Å². The maximum Gasteiger partial charge on any atom is 0.244 e. The van der Waals surface area contributed by atoms with Crippen molar-refractivity contribution in [3.63, 3.8) is 0 Å². The summed E-state index contributed by atoms with van der Waals surface area (Å²) >= 11 is 6.51. The van der Waals surface area contributed by atoms with Gasteiger partial charge in [0, 0.05) is 30.4 Å². The molecule has 0 saturated carbocycles. The second kappa shape index (κ2) is 9.76. The summed E-state index contributed by atoms with van der Waals surface area (Å²) in [6, 6.07) is 10.3. The van der Waals surface area contributed by atoms with E-state index in [0.717, 1.165) is 41.2 Å². The number of hydrogen-bond acceptors (Lipinski definition) is 3. The van der Waals surface area contributed by atoms with Crippen LogP contribution in [0.3, 0.4) is 0 Å². The van der Waals surface area contributed by atoms with Crippen LogP contribution in [0.25, 0.3) is 6.08 Å². The zero-order valence-corrected chi connectivity index (χ0v) is 18.7. The Morgan fingerprint density at radius 1 is 1.10 bits per heavy atom. The van der Waals surface area contributed by atoms with E-state index in [4.69, 9.17) is 11.6 Å². The molecule has 0 atom stereocenters. The number of nitrogens with zero attached hydrogens (tertiary/aromatic N) is 4. The largest absolute Gasteiger partial charge is 0.352 e. The molecule has 0 saturated heterocycles. The van der Waals surface area contributed by atoms with Crippen molar-refractivity contribution in [3.05, 3.63) is 75.3 Å². The van der Waals surface area contributed by atoms with E-state index in [-0.39, 0.29) is 5.91 Å². The molecule has 0 aliphatic heterocycles. The number of rotatable bonds is 8. The highest BCUT2D eigenvalue weighted by Crippen LogP contribution is 2.22. The molecule has 0 fully saturated rings. The molecule has 7 heteroatoms. The molecule has 0 aliphatic rings. The Balaban J connectivity index is 1.53. The van der Waals surface area contributed by atoms with Crippen molar-refractivity contribution in [2.75, 3.05) is 6.54 Å². The van der Waals surface area contributed by atoms with E-state index in [1.54, 1.807) is 10.8 Å². The van der Waals surface area contributed by atoms with Gasteiger partial charge in [-0.3, -0.25) is 9.48 Å². The first-order valence-corrected chi connectivity index (χ1v) is 10.5. The van der Waals surface area contributed by atoms with Gasteiger partial charge in [-0.1, -0.05) is 41.4 Å². The minimum absolute atomic E-state index is 0.148. The first kappa shape index (κ1) is 21.8. The van der Waals surface area contributed by atoms with Gasteiger partial charge in [0.25, 0.3) is 0 Å². The number of benzene rings is 1. The number of hydrogen-bond donors (Lipinski definition) is 1. The van der Waals surface area contributed by atoms with Crippen LogP contribution < -0.4 is 5.32 Å². The molecule has 2 heterocycles. The summed E-state index contributed by atoms with van der Waals surface area (Å²) in [4.78, 5) is 12.2. The zero-order chi connectivity index (χ0) is 21.7. The Hall–Kier alpha value is -2.86. The lowest BCUT2D eigenvalue weighted by Gasteiger charge is -2.05. The summed E-state index contributed by atoms with van der Waals surface area (Å²) in [6.07, 6.45) is 4.05. The van der Waals surface area contributed by atoms with Gasteiger partial charge in [-0.2, -0.15) is 10.2 Å². The normalized spacial score (nSPS) is 11.4. The topological polar surface area (TPSA) is 64.7 Å². The summed E-state index contributed by atoms with van der Waals surface area (Å²) < 4.78 is 3.72.